The molecule has 1 aromatic rings. The number of halogens is 2. The van der Waals surface area contributed by atoms with Crippen molar-refractivity contribution in [2.45, 2.75) is 0 Å². The van der Waals surface area contributed by atoms with E-state index in [1.165, 1.54) is 0 Å². The molecule has 0 amide bonds. The summed E-state index contributed by atoms with van der Waals surface area (Å²) in [6.45, 7) is 7.57. The quantitative estimate of drug-likeness (QED) is 0.753. The lowest BCUT2D eigenvalue weighted by Crippen LogP contribution is -1.83. The molecular formula is C10H8Br2. The highest BCUT2D eigenvalue weighted by Crippen LogP contribution is 2.28. The van der Waals surface area contributed by atoms with Gasteiger partial charge >= 0.3 is 0 Å². The molecule has 2 heteroatoms. The molecule has 0 saturated carbocycles. The van der Waals surface area contributed by atoms with E-state index >= 15 is 0 Å². The summed E-state index contributed by atoms with van der Waals surface area (Å²) in [5, 5.41) is 0. The Labute approximate surface area is 89.2 Å². The van der Waals surface area contributed by atoms with Crippen molar-refractivity contribution < 1.29 is 0 Å². The topological polar surface area (TPSA) is 0 Å². The highest BCUT2D eigenvalue weighted by molar-refractivity contribution is 9.15. The Balaban J connectivity index is 3.37. The van der Waals surface area contributed by atoms with Crippen LogP contribution in [0.5, 0.6) is 0 Å². The lowest BCUT2D eigenvalue weighted by molar-refractivity contribution is 1.56. The van der Waals surface area contributed by atoms with Crippen LogP contribution in [-0.4, -0.2) is 0 Å². The van der Waals surface area contributed by atoms with Crippen molar-refractivity contribution in [1.82, 2.24) is 0 Å². The van der Waals surface area contributed by atoms with Crippen LogP contribution in [0.15, 0.2) is 35.8 Å². The van der Waals surface area contributed by atoms with Crippen LogP contribution >= 0.6 is 31.9 Å². The Morgan fingerprint density at radius 3 is 2.50 bits per heavy atom. The van der Waals surface area contributed by atoms with Gasteiger partial charge in [0.25, 0.3) is 0 Å². The third-order valence-corrected chi connectivity index (χ3v) is 2.67. The van der Waals surface area contributed by atoms with Crippen LogP contribution in [0.3, 0.4) is 0 Å². The molecule has 0 nitrogen and oxygen atoms in total. The van der Waals surface area contributed by atoms with Crippen LogP contribution in [0.4, 0.5) is 0 Å². The maximum atomic E-state index is 3.82. The highest BCUT2D eigenvalue weighted by Gasteiger charge is 2.03. The number of hydrogen-bond acceptors (Lipinski definition) is 0. The molecule has 62 valence electrons. The third-order valence-electron chi connectivity index (χ3n) is 1.55. The smallest absolute Gasteiger partial charge is 0.0253 e. The average Bonchev–Trinajstić information content (AvgIpc) is 2.03. The zero-order valence-electron chi connectivity index (χ0n) is 6.48. The van der Waals surface area contributed by atoms with Gasteiger partial charge in [-0.2, -0.15) is 0 Å². The molecule has 0 saturated heterocycles. The Bertz CT molecular complexity index is 327. The van der Waals surface area contributed by atoms with Crippen molar-refractivity contribution in [2.24, 2.45) is 0 Å². The van der Waals surface area contributed by atoms with Gasteiger partial charge in [0.2, 0.25) is 0 Å². The van der Waals surface area contributed by atoms with Gasteiger partial charge in [0, 0.05) is 8.96 Å². The molecule has 0 N–H and O–H groups in total. The van der Waals surface area contributed by atoms with Crippen molar-refractivity contribution in [3.63, 3.8) is 0 Å². The molecular weight excluding hydrogens is 280 g/mol. The van der Waals surface area contributed by atoms with Crippen molar-refractivity contribution in [1.29, 1.82) is 0 Å². The summed E-state index contributed by atoms with van der Waals surface area (Å²) in [7, 11) is 0. The highest BCUT2D eigenvalue weighted by atomic mass is 79.9. The first kappa shape index (κ1) is 9.75. The van der Waals surface area contributed by atoms with Gasteiger partial charge in [0.15, 0.2) is 0 Å². The van der Waals surface area contributed by atoms with Crippen LogP contribution in [0.25, 0.3) is 10.6 Å². The fraction of sp³-hybridized carbons (Fsp3) is 0. The second-order valence-corrected chi connectivity index (χ2v) is 4.12. The van der Waals surface area contributed by atoms with Gasteiger partial charge in [-0.25, -0.2) is 0 Å². The molecule has 0 aliphatic carbocycles. The van der Waals surface area contributed by atoms with Crippen LogP contribution in [0.2, 0.25) is 0 Å². The first-order chi connectivity index (χ1) is 5.66. The summed E-state index contributed by atoms with van der Waals surface area (Å²) in [5.74, 6) is 0. The SMILES string of the molecule is C=Cc1c(Br)cccc1C(=C)Br. The van der Waals surface area contributed by atoms with Crippen molar-refractivity contribution in [3.05, 3.63) is 47.0 Å². The first-order valence-corrected chi connectivity index (χ1v) is 5.01. The largest absolute Gasteiger partial charge is 0.0984 e. The minimum atomic E-state index is 0.874. The minimum Gasteiger partial charge on any atom is -0.0984 e. The van der Waals surface area contributed by atoms with Crippen molar-refractivity contribution in [3.8, 4) is 0 Å². The molecule has 1 rings (SSSR count). The summed E-state index contributed by atoms with van der Waals surface area (Å²) in [6, 6.07) is 5.95. The van der Waals surface area contributed by atoms with Crippen molar-refractivity contribution in [2.75, 3.05) is 0 Å². The van der Waals surface area contributed by atoms with Gasteiger partial charge in [-0.15, -0.1) is 0 Å². The zero-order chi connectivity index (χ0) is 9.14. The van der Waals surface area contributed by atoms with E-state index in [0.717, 1.165) is 20.1 Å². The predicted octanol–water partition coefficient (Wildman–Crippen LogP) is 4.46. The first-order valence-electron chi connectivity index (χ1n) is 3.42. The van der Waals surface area contributed by atoms with E-state index < -0.39 is 0 Å². The van der Waals surface area contributed by atoms with Gasteiger partial charge in [0.1, 0.15) is 0 Å². The summed E-state index contributed by atoms with van der Waals surface area (Å²) >= 11 is 6.79. The maximum absolute atomic E-state index is 3.82. The number of rotatable bonds is 2. The molecule has 0 aliphatic heterocycles. The molecule has 0 aliphatic rings. The summed E-state index contributed by atoms with van der Waals surface area (Å²) < 4.78 is 1.91. The van der Waals surface area contributed by atoms with Crippen LogP contribution < -0.4 is 0 Å². The second kappa shape index (κ2) is 4.06. The van der Waals surface area contributed by atoms with Gasteiger partial charge in [0.05, 0.1) is 0 Å². The van der Waals surface area contributed by atoms with E-state index in [2.05, 4.69) is 45.0 Å². The Hall–Kier alpha value is -0.340. The molecule has 1 aromatic carbocycles. The molecule has 0 atom stereocenters. The van der Waals surface area contributed by atoms with Crippen LogP contribution in [0, 0.1) is 0 Å². The van der Waals surface area contributed by atoms with E-state index in [4.69, 9.17) is 0 Å². The summed E-state index contributed by atoms with van der Waals surface area (Å²) in [4.78, 5) is 0. The summed E-state index contributed by atoms with van der Waals surface area (Å²) in [5.41, 5.74) is 2.14. The van der Waals surface area contributed by atoms with Crippen LogP contribution in [-0.2, 0) is 0 Å². The standard InChI is InChI=1S/C10H8Br2/c1-3-8-9(7(2)11)5-4-6-10(8)12/h3-6H,1-2H2. The third kappa shape index (κ3) is 1.87. The van der Waals surface area contributed by atoms with Gasteiger partial charge in [-0.3, -0.25) is 0 Å². The Morgan fingerprint density at radius 2 is 2.08 bits per heavy atom. The molecule has 0 fully saturated rings. The molecule has 0 aromatic heterocycles. The maximum Gasteiger partial charge on any atom is 0.0253 e. The second-order valence-electron chi connectivity index (χ2n) is 2.31. The predicted molar refractivity (Wildman–Crippen MR) is 62.2 cm³/mol. The van der Waals surface area contributed by atoms with Crippen LogP contribution in [0.1, 0.15) is 11.1 Å². The molecule has 12 heavy (non-hydrogen) atoms. The zero-order valence-corrected chi connectivity index (χ0v) is 9.65. The van der Waals surface area contributed by atoms with Gasteiger partial charge < -0.3 is 0 Å². The van der Waals surface area contributed by atoms with E-state index in [1.807, 2.05) is 24.3 Å². The molecule has 0 spiro atoms. The minimum absolute atomic E-state index is 0.874. The fourth-order valence-electron chi connectivity index (χ4n) is 0.981. The van der Waals surface area contributed by atoms with E-state index in [-0.39, 0.29) is 0 Å². The van der Waals surface area contributed by atoms with Crippen molar-refractivity contribution >= 4 is 42.4 Å². The van der Waals surface area contributed by atoms with Gasteiger partial charge in [-0.05, 0) is 17.2 Å². The van der Waals surface area contributed by atoms with Gasteiger partial charge in [-0.1, -0.05) is 63.2 Å². The van der Waals surface area contributed by atoms with E-state index in [0.29, 0.717) is 0 Å². The number of benzene rings is 1. The lowest BCUT2D eigenvalue weighted by atomic mass is 10.1. The fourth-order valence-corrected chi connectivity index (χ4v) is 1.85. The molecule has 0 radical (unpaired) electrons. The Morgan fingerprint density at radius 1 is 1.42 bits per heavy atom. The number of hydrogen-bond donors (Lipinski definition) is 0. The lowest BCUT2D eigenvalue weighted by Gasteiger charge is -2.05. The normalized spacial score (nSPS) is 9.50. The average molecular weight is 288 g/mol. The Kier molecular flexibility index (Phi) is 3.29. The molecule has 0 unspecified atom stereocenters. The monoisotopic (exact) mass is 286 g/mol. The van der Waals surface area contributed by atoms with E-state index in [1.54, 1.807) is 0 Å². The van der Waals surface area contributed by atoms with E-state index in [9.17, 15) is 0 Å². The molecule has 0 heterocycles. The summed E-state index contributed by atoms with van der Waals surface area (Å²) in [6.07, 6.45) is 1.81. The molecule has 0 bridgehead atoms.